The minimum atomic E-state index is -0.327. The molecule has 92 valence electrons. The molecule has 2 heteroatoms. The van der Waals surface area contributed by atoms with Gasteiger partial charge in [-0.3, -0.25) is 0 Å². The van der Waals surface area contributed by atoms with Gasteiger partial charge in [0.15, 0.2) is 0 Å². The largest absolute Gasteiger partial charge is 0.396 e. The van der Waals surface area contributed by atoms with Gasteiger partial charge in [0.2, 0.25) is 0 Å². The molecule has 0 fully saturated rings. The van der Waals surface area contributed by atoms with E-state index in [-0.39, 0.29) is 12.7 Å². The van der Waals surface area contributed by atoms with Crippen molar-refractivity contribution in [3.8, 4) is 0 Å². The number of aliphatic hydroxyl groups is 2. The third-order valence-corrected chi connectivity index (χ3v) is 3.69. The Bertz CT molecular complexity index is 141. The van der Waals surface area contributed by atoms with E-state index in [1.165, 1.54) is 19.3 Å². The molecule has 0 amide bonds. The molecule has 0 spiro atoms. The van der Waals surface area contributed by atoms with Gasteiger partial charge < -0.3 is 10.2 Å². The minimum absolute atomic E-state index is 0.0957. The van der Waals surface area contributed by atoms with E-state index in [9.17, 15) is 5.11 Å². The van der Waals surface area contributed by atoms with Gasteiger partial charge >= 0.3 is 0 Å². The standard InChI is InChI=1S/C13H28O2/c1-4-7-9-13(5-2,6-3)11-12(15)8-10-14/h12,14-15H,4-11H2,1-3H3. The summed E-state index contributed by atoms with van der Waals surface area (Å²) in [5, 5.41) is 18.6. The van der Waals surface area contributed by atoms with Gasteiger partial charge in [-0.2, -0.15) is 0 Å². The van der Waals surface area contributed by atoms with Crippen LogP contribution in [-0.4, -0.2) is 22.9 Å². The second kappa shape index (κ2) is 8.12. The van der Waals surface area contributed by atoms with Crippen LogP contribution in [0, 0.1) is 5.41 Å². The fourth-order valence-electron chi connectivity index (χ4n) is 2.30. The van der Waals surface area contributed by atoms with Crippen molar-refractivity contribution in [2.24, 2.45) is 5.41 Å². The molecule has 0 radical (unpaired) electrons. The first-order chi connectivity index (χ1) is 7.14. The highest BCUT2D eigenvalue weighted by Gasteiger charge is 2.28. The molecule has 0 aromatic carbocycles. The van der Waals surface area contributed by atoms with E-state index in [0.29, 0.717) is 11.8 Å². The van der Waals surface area contributed by atoms with Crippen molar-refractivity contribution in [1.29, 1.82) is 0 Å². The molecular formula is C13H28O2. The van der Waals surface area contributed by atoms with Crippen molar-refractivity contribution in [3.63, 3.8) is 0 Å². The van der Waals surface area contributed by atoms with Gasteiger partial charge in [0.05, 0.1) is 6.10 Å². The summed E-state index contributed by atoms with van der Waals surface area (Å²) in [5.74, 6) is 0. The number of hydrogen-bond acceptors (Lipinski definition) is 2. The van der Waals surface area contributed by atoms with Crippen LogP contribution < -0.4 is 0 Å². The zero-order valence-electron chi connectivity index (χ0n) is 10.6. The number of aliphatic hydroxyl groups excluding tert-OH is 2. The van der Waals surface area contributed by atoms with E-state index in [1.807, 2.05) is 0 Å². The summed E-state index contributed by atoms with van der Waals surface area (Å²) >= 11 is 0. The average Bonchev–Trinajstić information content (AvgIpc) is 2.25. The summed E-state index contributed by atoms with van der Waals surface area (Å²) in [6.45, 7) is 6.73. The lowest BCUT2D eigenvalue weighted by Gasteiger charge is -2.33. The van der Waals surface area contributed by atoms with Crippen molar-refractivity contribution in [2.75, 3.05) is 6.61 Å². The molecular weight excluding hydrogens is 188 g/mol. The molecule has 0 aliphatic carbocycles. The molecule has 0 saturated carbocycles. The Morgan fingerprint density at radius 1 is 1.13 bits per heavy atom. The van der Waals surface area contributed by atoms with Crippen LogP contribution in [0.3, 0.4) is 0 Å². The van der Waals surface area contributed by atoms with E-state index < -0.39 is 0 Å². The zero-order chi connectivity index (χ0) is 11.7. The fourth-order valence-corrected chi connectivity index (χ4v) is 2.30. The predicted octanol–water partition coefficient (Wildman–Crippen LogP) is 3.12. The van der Waals surface area contributed by atoms with Gasteiger partial charge in [0.25, 0.3) is 0 Å². The zero-order valence-corrected chi connectivity index (χ0v) is 10.6. The molecule has 1 atom stereocenters. The molecule has 0 aliphatic rings. The van der Waals surface area contributed by atoms with Crippen LogP contribution in [-0.2, 0) is 0 Å². The van der Waals surface area contributed by atoms with Gasteiger partial charge in [0, 0.05) is 6.61 Å². The van der Waals surface area contributed by atoms with Crippen molar-refractivity contribution in [3.05, 3.63) is 0 Å². The van der Waals surface area contributed by atoms with Gasteiger partial charge in [0.1, 0.15) is 0 Å². The van der Waals surface area contributed by atoms with Crippen LogP contribution in [0.5, 0.6) is 0 Å². The maximum atomic E-state index is 9.79. The number of hydrogen-bond donors (Lipinski definition) is 2. The highest BCUT2D eigenvalue weighted by Crippen LogP contribution is 2.37. The Morgan fingerprint density at radius 3 is 2.13 bits per heavy atom. The molecule has 0 bridgehead atoms. The quantitative estimate of drug-likeness (QED) is 0.621. The lowest BCUT2D eigenvalue weighted by Crippen LogP contribution is -2.26. The van der Waals surface area contributed by atoms with E-state index in [2.05, 4.69) is 20.8 Å². The molecule has 1 unspecified atom stereocenters. The third kappa shape index (κ3) is 5.53. The van der Waals surface area contributed by atoms with Crippen LogP contribution in [0.1, 0.15) is 65.7 Å². The first-order valence-electron chi connectivity index (χ1n) is 6.43. The summed E-state index contributed by atoms with van der Waals surface area (Å²) in [6, 6.07) is 0. The van der Waals surface area contributed by atoms with Gasteiger partial charge in [-0.05, 0) is 24.7 Å². The lowest BCUT2D eigenvalue weighted by atomic mass is 9.73. The maximum absolute atomic E-state index is 9.79. The van der Waals surface area contributed by atoms with Gasteiger partial charge in [-0.15, -0.1) is 0 Å². The second-order valence-corrected chi connectivity index (χ2v) is 4.68. The summed E-state index contributed by atoms with van der Waals surface area (Å²) < 4.78 is 0. The Labute approximate surface area is 94.7 Å². The monoisotopic (exact) mass is 216 g/mol. The van der Waals surface area contributed by atoms with Crippen LogP contribution >= 0.6 is 0 Å². The summed E-state index contributed by atoms with van der Waals surface area (Å²) in [5.41, 5.74) is 0.296. The van der Waals surface area contributed by atoms with Crippen LogP contribution in [0.4, 0.5) is 0 Å². The van der Waals surface area contributed by atoms with Crippen LogP contribution in [0.15, 0.2) is 0 Å². The molecule has 2 N–H and O–H groups in total. The molecule has 2 nitrogen and oxygen atoms in total. The minimum Gasteiger partial charge on any atom is -0.396 e. The summed E-state index contributed by atoms with van der Waals surface area (Å²) in [7, 11) is 0. The van der Waals surface area contributed by atoms with Crippen molar-refractivity contribution < 1.29 is 10.2 Å². The van der Waals surface area contributed by atoms with Crippen LogP contribution in [0.25, 0.3) is 0 Å². The Hall–Kier alpha value is -0.0800. The fraction of sp³-hybridized carbons (Fsp3) is 1.00. The van der Waals surface area contributed by atoms with E-state index >= 15 is 0 Å². The summed E-state index contributed by atoms with van der Waals surface area (Å²) in [6.07, 6.45) is 6.98. The first kappa shape index (κ1) is 14.9. The molecule has 0 heterocycles. The van der Waals surface area contributed by atoms with Gasteiger partial charge in [-0.1, -0.05) is 46.5 Å². The highest BCUT2D eigenvalue weighted by atomic mass is 16.3. The molecule has 0 aromatic rings. The third-order valence-electron chi connectivity index (χ3n) is 3.69. The lowest BCUT2D eigenvalue weighted by molar-refractivity contribution is 0.0629. The Morgan fingerprint density at radius 2 is 1.73 bits per heavy atom. The predicted molar refractivity (Wildman–Crippen MR) is 64.9 cm³/mol. The Kier molecular flexibility index (Phi) is 8.07. The normalized spacial score (nSPS) is 14.2. The SMILES string of the molecule is CCCCC(CC)(CC)CC(O)CCO. The number of unbranched alkanes of at least 4 members (excludes halogenated alkanes) is 1. The molecule has 15 heavy (non-hydrogen) atoms. The maximum Gasteiger partial charge on any atom is 0.0567 e. The molecule has 0 saturated heterocycles. The van der Waals surface area contributed by atoms with E-state index in [4.69, 9.17) is 5.11 Å². The van der Waals surface area contributed by atoms with Gasteiger partial charge in [-0.25, -0.2) is 0 Å². The molecule has 0 aromatic heterocycles. The Balaban J connectivity index is 4.21. The first-order valence-corrected chi connectivity index (χ1v) is 6.43. The number of rotatable bonds is 9. The van der Waals surface area contributed by atoms with Crippen molar-refractivity contribution in [2.45, 2.75) is 71.8 Å². The second-order valence-electron chi connectivity index (χ2n) is 4.68. The van der Waals surface area contributed by atoms with E-state index in [1.54, 1.807) is 0 Å². The van der Waals surface area contributed by atoms with E-state index in [0.717, 1.165) is 19.3 Å². The highest BCUT2D eigenvalue weighted by molar-refractivity contribution is 4.79. The topological polar surface area (TPSA) is 40.5 Å². The van der Waals surface area contributed by atoms with Crippen molar-refractivity contribution in [1.82, 2.24) is 0 Å². The van der Waals surface area contributed by atoms with Crippen LogP contribution in [0.2, 0.25) is 0 Å². The smallest absolute Gasteiger partial charge is 0.0567 e. The summed E-state index contributed by atoms with van der Waals surface area (Å²) in [4.78, 5) is 0. The average molecular weight is 216 g/mol. The molecule has 0 aliphatic heterocycles. The van der Waals surface area contributed by atoms with Crippen molar-refractivity contribution >= 4 is 0 Å². The molecule has 0 rings (SSSR count).